The molecule has 33 heavy (non-hydrogen) atoms. The second-order valence-electron chi connectivity index (χ2n) is 7.77. The summed E-state index contributed by atoms with van der Waals surface area (Å²) in [7, 11) is 0. The number of fused-ring (bicyclic) bond motifs is 2. The van der Waals surface area contributed by atoms with Crippen LogP contribution in [-0.2, 0) is 4.79 Å². The van der Waals surface area contributed by atoms with Gasteiger partial charge >= 0.3 is 0 Å². The number of nitrogens with one attached hydrogen (secondary N) is 2. The number of aromatic nitrogens is 4. The van der Waals surface area contributed by atoms with Crippen molar-refractivity contribution in [2.75, 3.05) is 25.0 Å². The van der Waals surface area contributed by atoms with Crippen molar-refractivity contribution in [3.8, 4) is 0 Å². The van der Waals surface area contributed by atoms with Crippen LogP contribution in [0.3, 0.4) is 0 Å². The quantitative estimate of drug-likeness (QED) is 0.480. The zero-order chi connectivity index (χ0) is 22.9. The molecule has 4 heterocycles. The van der Waals surface area contributed by atoms with E-state index in [2.05, 4.69) is 25.6 Å². The zero-order valence-electron chi connectivity index (χ0n) is 17.7. The van der Waals surface area contributed by atoms with Gasteiger partial charge in [-0.05, 0) is 36.6 Å². The Morgan fingerprint density at radius 3 is 2.94 bits per heavy atom. The highest BCUT2D eigenvalue weighted by Gasteiger charge is 2.27. The molecule has 0 saturated carbocycles. The first-order chi connectivity index (χ1) is 16.0. The largest absolute Gasteiger partial charge is 0.360 e. The molecular weight excluding hydrogens is 442 g/mol. The van der Waals surface area contributed by atoms with E-state index in [-0.39, 0.29) is 30.1 Å². The number of carbonyl (C=O) groups excluding carboxylic acids is 2. The Bertz CT molecular complexity index is 1390. The summed E-state index contributed by atoms with van der Waals surface area (Å²) in [5, 5.41) is 7.86. The Morgan fingerprint density at radius 2 is 2.09 bits per heavy atom. The molecule has 1 saturated heterocycles. The van der Waals surface area contributed by atoms with Gasteiger partial charge in [0.2, 0.25) is 5.91 Å². The van der Waals surface area contributed by atoms with Gasteiger partial charge in [0.1, 0.15) is 17.5 Å². The third-order valence-corrected chi connectivity index (χ3v) is 5.86. The number of rotatable bonds is 4. The molecule has 2 N–H and O–H groups in total. The van der Waals surface area contributed by atoms with E-state index >= 15 is 0 Å². The number of halogens is 1. The third kappa shape index (κ3) is 4.03. The average Bonchev–Trinajstić information content (AvgIpc) is 2.83. The molecule has 0 radical (unpaired) electrons. The lowest BCUT2D eigenvalue weighted by molar-refractivity contribution is -0.123. The Labute approximate surface area is 194 Å². The lowest BCUT2D eigenvalue weighted by atomic mass is 10.0. The molecule has 1 atom stereocenters. The number of hydrogen-bond donors (Lipinski definition) is 2. The molecule has 0 bridgehead atoms. The minimum absolute atomic E-state index is 0.0108. The van der Waals surface area contributed by atoms with Gasteiger partial charge in [0.15, 0.2) is 5.82 Å². The van der Waals surface area contributed by atoms with Gasteiger partial charge < -0.3 is 15.5 Å². The van der Waals surface area contributed by atoms with Gasteiger partial charge in [-0.1, -0.05) is 23.7 Å². The molecule has 1 aromatic carbocycles. The minimum Gasteiger partial charge on any atom is -0.360 e. The predicted octanol–water partition coefficient (Wildman–Crippen LogP) is 2.97. The van der Waals surface area contributed by atoms with Crippen LogP contribution in [0.4, 0.5) is 5.82 Å². The van der Waals surface area contributed by atoms with E-state index < -0.39 is 0 Å². The smallest absolute Gasteiger partial charge is 0.273 e. The summed E-state index contributed by atoms with van der Waals surface area (Å²) < 4.78 is 0. The summed E-state index contributed by atoms with van der Waals surface area (Å²) in [5.41, 5.74) is 2.23. The molecular formula is C23H20ClN7O2. The third-order valence-electron chi connectivity index (χ3n) is 5.55. The van der Waals surface area contributed by atoms with Crippen molar-refractivity contribution in [1.29, 1.82) is 0 Å². The molecule has 0 spiro atoms. The SMILES string of the molecule is CC(Nc1ncnc2cccnc12)c1cc2cccc(Cl)c2c(C(=O)N2CCNC(=O)C2)n1. The Kier molecular flexibility index (Phi) is 5.47. The molecule has 4 aromatic rings. The van der Waals surface area contributed by atoms with E-state index in [1.807, 2.05) is 37.3 Å². The van der Waals surface area contributed by atoms with E-state index in [9.17, 15) is 9.59 Å². The van der Waals surface area contributed by atoms with Crippen molar-refractivity contribution in [3.05, 3.63) is 65.3 Å². The van der Waals surface area contributed by atoms with E-state index in [1.54, 1.807) is 12.3 Å². The zero-order valence-corrected chi connectivity index (χ0v) is 18.5. The van der Waals surface area contributed by atoms with Crippen molar-refractivity contribution >= 4 is 51.0 Å². The number of carbonyl (C=O) groups is 2. The molecule has 9 nitrogen and oxygen atoms in total. The highest BCUT2D eigenvalue weighted by Crippen LogP contribution is 2.30. The first kappa shape index (κ1) is 21.0. The molecule has 1 unspecified atom stereocenters. The highest BCUT2D eigenvalue weighted by molar-refractivity contribution is 6.36. The molecule has 1 aliphatic rings. The molecule has 10 heteroatoms. The first-order valence-corrected chi connectivity index (χ1v) is 10.9. The Morgan fingerprint density at radius 1 is 1.21 bits per heavy atom. The summed E-state index contributed by atoms with van der Waals surface area (Å²) in [6.45, 7) is 2.73. The van der Waals surface area contributed by atoms with Crippen molar-refractivity contribution < 1.29 is 9.59 Å². The predicted molar refractivity (Wildman–Crippen MR) is 125 cm³/mol. The minimum atomic E-state index is -0.328. The molecule has 166 valence electrons. The van der Waals surface area contributed by atoms with E-state index in [4.69, 9.17) is 16.6 Å². The second kappa shape index (κ2) is 8.59. The van der Waals surface area contributed by atoms with Gasteiger partial charge in [-0.3, -0.25) is 14.6 Å². The summed E-state index contributed by atoms with van der Waals surface area (Å²) >= 11 is 6.47. The van der Waals surface area contributed by atoms with Gasteiger partial charge in [-0.2, -0.15) is 0 Å². The topological polar surface area (TPSA) is 113 Å². The van der Waals surface area contributed by atoms with Crippen molar-refractivity contribution in [2.24, 2.45) is 0 Å². The summed E-state index contributed by atoms with van der Waals surface area (Å²) in [6.07, 6.45) is 3.16. The fourth-order valence-corrected chi connectivity index (χ4v) is 4.18. The van der Waals surface area contributed by atoms with Crippen LogP contribution in [0.5, 0.6) is 0 Å². The monoisotopic (exact) mass is 461 g/mol. The van der Waals surface area contributed by atoms with Crippen LogP contribution >= 0.6 is 11.6 Å². The number of nitrogens with zero attached hydrogens (tertiary/aromatic N) is 5. The number of pyridine rings is 2. The van der Waals surface area contributed by atoms with E-state index in [0.29, 0.717) is 40.5 Å². The molecule has 2 amide bonds. The Hall–Kier alpha value is -3.85. The summed E-state index contributed by atoms with van der Waals surface area (Å²) in [4.78, 5) is 44.4. The number of anilines is 1. The van der Waals surface area contributed by atoms with Gasteiger partial charge in [-0.25, -0.2) is 15.0 Å². The molecule has 1 aliphatic heterocycles. The second-order valence-corrected chi connectivity index (χ2v) is 8.18. The van der Waals surface area contributed by atoms with Gasteiger partial charge in [0.05, 0.1) is 28.8 Å². The summed E-state index contributed by atoms with van der Waals surface area (Å²) in [6, 6.07) is 10.7. The number of hydrogen-bond acceptors (Lipinski definition) is 7. The molecule has 5 rings (SSSR count). The molecule has 3 aromatic heterocycles. The lowest BCUT2D eigenvalue weighted by Crippen LogP contribution is -2.50. The summed E-state index contributed by atoms with van der Waals surface area (Å²) in [5.74, 6) is 0.0483. The normalized spacial score (nSPS) is 14.8. The maximum Gasteiger partial charge on any atom is 0.273 e. The Balaban J connectivity index is 1.56. The number of piperazine rings is 1. The molecule has 1 fully saturated rings. The van der Waals surface area contributed by atoms with Crippen molar-refractivity contribution in [1.82, 2.24) is 30.2 Å². The van der Waals surface area contributed by atoms with Crippen LogP contribution in [0.1, 0.15) is 29.1 Å². The molecule has 0 aliphatic carbocycles. The van der Waals surface area contributed by atoms with Crippen molar-refractivity contribution in [3.63, 3.8) is 0 Å². The van der Waals surface area contributed by atoms with Gasteiger partial charge in [-0.15, -0.1) is 0 Å². The van der Waals surface area contributed by atoms with Gasteiger partial charge in [0.25, 0.3) is 5.91 Å². The van der Waals surface area contributed by atoms with Crippen molar-refractivity contribution in [2.45, 2.75) is 13.0 Å². The van der Waals surface area contributed by atoms with Crippen LogP contribution in [-0.4, -0.2) is 56.3 Å². The number of benzene rings is 1. The standard InChI is InChI=1S/C23H20ClN7O2/c1-13(29-22-20-16(27-12-28-22)6-3-7-26-20)17-10-14-4-2-5-15(24)19(14)21(30-17)23(33)31-9-8-25-18(32)11-31/h2-7,10,12-13H,8-9,11H2,1H3,(H,25,32)(H,27,28,29). The maximum atomic E-state index is 13.4. The average molecular weight is 462 g/mol. The van der Waals surface area contributed by atoms with Crippen LogP contribution in [0.15, 0.2) is 48.9 Å². The van der Waals surface area contributed by atoms with Crippen LogP contribution in [0, 0.1) is 0 Å². The van der Waals surface area contributed by atoms with Gasteiger partial charge in [0, 0.05) is 24.7 Å². The van der Waals surface area contributed by atoms with Crippen LogP contribution in [0.2, 0.25) is 5.02 Å². The van der Waals surface area contributed by atoms with Crippen LogP contribution in [0.25, 0.3) is 21.8 Å². The first-order valence-electron chi connectivity index (χ1n) is 10.5. The maximum absolute atomic E-state index is 13.4. The fourth-order valence-electron chi connectivity index (χ4n) is 3.90. The van der Waals surface area contributed by atoms with E-state index in [1.165, 1.54) is 11.2 Å². The van der Waals surface area contributed by atoms with Crippen LogP contribution < -0.4 is 10.6 Å². The highest BCUT2D eigenvalue weighted by atomic mass is 35.5. The van der Waals surface area contributed by atoms with E-state index in [0.717, 1.165) is 10.9 Å². The fraction of sp³-hybridized carbons (Fsp3) is 0.217. The number of amides is 2. The lowest BCUT2D eigenvalue weighted by Gasteiger charge is -2.27.